The average Bonchev–Trinajstić information content (AvgIpc) is 2.59. The molecule has 138 valence electrons. The van der Waals surface area contributed by atoms with Gasteiger partial charge in [-0.25, -0.2) is 13.6 Å². The summed E-state index contributed by atoms with van der Waals surface area (Å²) in [5.74, 6) is -0.154. The number of quaternary nitrogens is 1. The highest BCUT2D eigenvalue weighted by Gasteiger charge is 2.08. The third kappa shape index (κ3) is 6.07. The van der Waals surface area contributed by atoms with E-state index in [9.17, 15) is 18.0 Å². The van der Waals surface area contributed by atoms with Gasteiger partial charge in [0.05, 0.1) is 11.4 Å². The Hall–Kier alpha value is -2.55. The van der Waals surface area contributed by atoms with Crippen molar-refractivity contribution in [2.45, 2.75) is 18.2 Å². The quantitative estimate of drug-likeness (QED) is 0.452. The molecule has 5 N–H and O–H groups in total. The van der Waals surface area contributed by atoms with Crippen LogP contribution in [0.25, 0.3) is 0 Å². The first-order valence-electron chi connectivity index (χ1n) is 8.10. The molecule has 0 aromatic heterocycles. The summed E-state index contributed by atoms with van der Waals surface area (Å²) >= 11 is 0. The molecule has 0 bridgehead atoms. The molecular formula is C18H22N3O4S+. The average molecular weight is 376 g/mol. The summed E-state index contributed by atoms with van der Waals surface area (Å²) in [5, 5.41) is 9.69. The second kappa shape index (κ2) is 8.70. The minimum absolute atomic E-state index is 0.0201. The van der Waals surface area contributed by atoms with Gasteiger partial charge in [-0.2, -0.15) is 0 Å². The zero-order chi connectivity index (χ0) is 19.2. The molecule has 0 heterocycles. The van der Waals surface area contributed by atoms with Crippen molar-refractivity contribution in [1.29, 1.82) is 0 Å². The van der Waals surface area contributed by atoms with Crippen LogP contribution in [0.1, 0.15) is 22.8 Å². The number of carbonyl (C=O) groups excluding carboxylic acids is 2. The number of hydrogen-bond donors (Lipinski definition) is 3. The van der Waals surface area contributed by atoms with Crippen molar-refractivity contribution in [3.63, 3.8) is 0 Å². The minimum Gasteiger partial charge on any atom is -0.338 e. The normalized spacial score (nSPS) is 11.2. The molecule has 0 atom stereocenters. The van der Waals surface area contributed by atoms with Crippen molar-refractivity contribution in [1.82, 2.24) is 0 Å². The van der Waals surface area contributed by atoms with Crippen LogP contribution in [0.3, 0.4) is 0 Å². The Labute approximate surface area is 152 Å². The Bertz CT molecular complexity index is 876. The standard InChI is InChI=1S/C18H21N3O4S/c1-13(22)15-4-6-16(7-5-15)21-18(23)12-20-11-10-14-2-8-17(9-3-14)26(19,24)25/h2-9,20H,10-12H2,1H3,(H,21,23)(H2,19,24,25)/p+1. The van der Waals surface area contributed by atoms with Crippen LogP contribution in [0.2, 0.25) is 0 Å². The number of anilines is 1. The lowest BCUT2D eigenvalue weighted by molar-refractivity contribution is -0.643. The fraction of sp³-hybridized carbons (Fsp3) is 0.222. The molecule has 0 aliphatic heterocycles. The molecular weight excluding hydrogens is 354 g/mol. The molecule has 0 saturated heterocycles. The highest BCUT2D eigenvalue weighted by molar-refractivity contribution is 7.89. The van der Waals surface area contributed by atoms with E-state index in [1.165, 1.54) is 19.1 Å². The summed E-state index contributed by atoms with van der Waals surface area (Å²) in [7, 11) is -3.67. The Kier molecular flexibility index (Phi) is 6.62. The lowest BCUT2D eigenvalue weighted by Crippen LogP contribution is -2.86. The molecule has 0 saturated carbocycles. The Balaban J connectivity index is 1.73. The maximum absolute atomic E-state index is 11.9. The van der Waals surface area contributed by atoms with Gasteiger partial charge in [-0.3, -0.25) is 9.59 Å². The Morgan fingerprint density at radius 1 is 1.04 bits per heavy atom. The molecule has 0 radical (unpaired) electrons. The predicted molar refractivity (Wildman–Crippen MR) is 98.3 cm³/mol. The molecule has 2 rings (SSSR count). The molecule has 26 heavy (non-hydrogen) atoms. The molecule has 0 aliphatic carbocycles. The van der Waals surface area contributed by atoms with Gasteiger partial charge in [-0.1, -0.05) is 12.1 Å². The molecule has 0 spiro atoms. The highest BCUT2D eigenvalue weighted by atomic mass is 32.2. The van der Waals surface area contributed by atoms with Gasteiger partial charge in [0.2, 0.25) is 10.0 Å². The SMILES string of the molecule is CC(=O)c1ccc(NC(=O)C[NH2+]CCc2ccc(S(N)(=O)=O)cc2)cc1. The topological polar surface area (TPSA) is 123 Å². The molecule has 2 aromatic rings. The Morgan fingerprint density at radius 2 is 1.65 bits per heavy atom. The van der Waals surface area contributed by atoms with Crippen molar-refractivity contribution in [3.05, 3.63) is 59.7 Å². The van der Waals surface area contributed by atoms with Crippen molar-refractivity contribution in [3.8, 4) is 0 Å². The second-order valence-corrected chi connectivity index (χ2v) is 7.46. The lowest BCUT2D eigenvalue weighted by atomic mass is 10.1. The fourth-order valence-corrected chi connectivity index (χ4v) is 2.86. The van der Waals surface area contributed by atoms with Gasteiger partial charge in [-0.15, -0.1) is 0 Å². The van der Waals surface area contributed by atoms with E-state index in [1.807, 2.05) is 5.32 Å². The number of ketones is 1. The monoisotopic (exact) mass is 376 g/mol. The summed E-state index contributed by atoms with van der Waals surface area (Å²) in [4.78, 5) is 23.2. The van der Waals surface area contributed by atoms with E-state index in [2.05, 4.69) is 5.32 Å². The van der Waals surface area contributed by atoms with E-state index >= 15 is 0 Å². The fourth-order valence-electron chi connectivity index (χ4n) is 2.35. The molecule has 0 aliphatic rings. The predicted octanol–water partition coefficient (Wildman–Crippen LogP) is 0.281. The summed E-state index contributed by atoms with van der Waals surface area (Å²) in [5.41, 5.74) is 2.21. The van der Waals surface area contributed by atoms with E-state index in [0.29, 0.717) is 24.2 Å². The minimum atomic E-state index is -3.67. The molecule has 8 heteroatoms. The van der Waals surface area contributed by atoms with E-state index in [-0.39, 0.29) is 23.1 Å². The van der Waals surface area contributed by atoms with Crippen LogP contribution < -0.4 is 15.8 Å². The molecule has 0 fully saturated rings. The van der Waals surface area contributed by atoms with Crippen LogP contribution in [0.5, 0.6) is 0 Å². The van der Waals surface area contributed by atoms with Crippen LogP contribution in [-0.4, -0.2) is 33.2 Å². The zero-order valence-electron chi connectivity index (χ0n) is 14.4. The largest absolute Gasteiger partial charge is 0.338 e. The van der Waals surface area contributed by atoms with Crippen molar-refractivity contribution in [2.24, 2.45) is 5.14 Å². The van der Waals surface area contributed by atoms with Gasteiger partial charge >= 0.3 is 0 Å². The number of benzene rings is 2. The third-order valence-corrected chi connectivity index (χ3v) is 4.72. The summed E-state index contributed by atoms with van der Waals surface area (Å²) < 4.78 is 22.4. The van der Waals surface area contributed by atoms with Crippen molar-refractivity contribution in [2.75, 3.05) is 18.4 Å². The van der Waals surface area contributed by atoms with Gasteiger partial charge in [0.15, 0.2) is 12.3 Å². The zero-order valence-corrected chi connectivity index (χ0v) is 15.3. The van der Waals surface area contributed by atoms with Crippen molar-refractivity contribution < 1.29 is 23.3 Å². The molecule has 2 aromatic carbocycles. The summed E-state index contributed by atoms with van der Waals surface area (Å²) in [6.45, 7) is 2.44. The number of Topliss-reactive ketones (excluding diaryl/α,β-unsaturated/α-hetero) is 1. The van der Waals surface area contributed by atoms with Gasteiger partial charge in [-0.05, 0) is 48.9 Å². The molecule has 1 amide bonds. The number of sulfonamides is 1. The number of nitrogens with two attached hydrogens (primary N) is 2. The number of amides is 1. The third-order valence-electron chi connectivity index (χ3n) is 3.79. The maximum Gasteiger partial charge on any atom is 0.279 e. The first-order valence-corrected chi connectivity index (χ1v) is 9.64. The van der Waals surface area contributed by atoms with Crippen LogP contribution >= 0.6 is 0 Å². The van der Waals surface area contributed by atoms with E-state index in [4.69, 9.17) is 5.14 Å². The number of carbonyl (C=O) groups is 2. The highest BCUT2D eigenvalue weighted by Crippen LogP contribution is 2.10. The summed E-state index contributed by atoms with van der Waals surface area (Å²) in [6, 6.07) is 13.1. The van der Waals surface area contributed by atoms with Crippen LogP contribution in [0, 0.1) is 0 Å². The number of rotatable bonds is 8. The van der Waals surface area contributed by atoms with Gasteiger partial charge in [0.25, 0.3) is 5.91 Å². The van der Waals surface area contributed by atoms with Gasteiger partial charge in [0.1, 0.15) is 0 Å². The number of hydrogen-bond acceptors (Lipinski definition) is 4. The second-order valence-electron chi connectivity index (χ2n) is 5.90. The molecule has 0 unspecified atom stereocenters. The van der Waals surface area contributed by atoms with Crippen LogP contribution in [0.15, 0.2) is 53.4 Å². The lowest BCUT2D eigenvalue weighted by Gasteiger charge is -2.06. The first-order chi connectivity index (χ1) is 12.3. The van der Waals surface area contributed by atoms with E-state index < -0.39 is 10.0 Å². The summed E-state index contributed by atoms with van der Waals surface area (Å²) in [6.07, 6.45) is 0.700. The van der Waals surface area contributed by atoms with E-state index in [1.54, 1.807) is 36.4 Å². The van der Waals surface area contributed by atoms with Gasteiger partial charge < -0.3 is 10.6 Å². The van der Waals surface area contributed by atoms with E-state index in [0.717, 1.165) is 5.56 Å². The smallest absolute Gasteiger partial charge is 0.279 e. The van der Waals surface area contributed by atoms with Crippen molar-refractivity contribution >= 4 is 27.4 Å². The number of nitrogens with one attached hydrogen (secondary N) is 1. The first kappa shape index (κ1) is 19.8. The van der Waals surface area contributed by atoms with Crippen LogP contribution in [-0.2, 0) is 21.2 Å². The van der Waals surface area contributed by atoms with Crippen LogP contribution in [0.4, 0.5) is 5.69 Å². The molecule has 7 nitrogen and oxygen atoms in total. The number of primary sulfonamides is 1. The maximum atomic E-state index is 11.9. The Morgan fingerprint density at radius 3 is 2.19 bits per heavy atom. The van der Waals surface area contributed by atoms with Gasteiger partial charge in [0, 0.05) is 17.7 Å².